The van der Waals surface area contributed by atoms with Crippen LogP contribution in [-0.2, 0) is 0 Å². The number of hydrogen-bond donors (Lipinski definition) is 2. The first-order valence-corrected chi connectivity index (χ1v) is 12.9. The van der Waals surface area contributed by atoms with Crippen molar-refractivity contribution in [2.45, 2.75) is 0 Å². The summed E-state index contributed by atoms with van der Waals surface area (Å²) in [6, 6.07) is 55.2. The van der Waals surface area contributed by atoms with Crippen LogP contribution >= 0.6 is 0 Å². The predicted octanol–water partition coefficient (Wildman–Crippen LogP) is 10.2. The summed E-state index contributed by atoms with van der Waals surface area (Å²) in [6.45, 7) is 0. The number of hydrogen-bond acceptors (Lipinski definition) is 2. The Bertz CT molecular complexity index is 1500. The van der Waals surface area contributed by atoms with Gasteiger partial charge in [0.2, 0.25) is 0 Å². The van der Waals surface area contributed by atoms with Crippen LogP contribution in [0.25, 0.3) is 33.4 Å². The molecule has 0 atom stereocenters. The molecule has 0 radical (unpaired) electrons. The third kappa shape index (κ3) is 5.50. The molecule has 6 rings (SSSR count). The number of rotatable bonds is 7. The fourth-order valence-corrected chi connectivity index (χ4v) is 4.62. The molecule has 0 bridgehead atoms. The summed E-state index contributed by atoms with van der Waals surface area (Å²) in [6.07, 6.45) is 0. The molecule has 38 heavy (non-hydrogen) atoms. The van der Waals surface area contributed by atoms with E-state index in [-0.39, 0.29) is 0 Å². The van der Waals surface area contributed by atoms with E-state index in [1.54, 1.807) is 0 Å². The highest BCUT2D eigenvalue weighted by molar-refractivity contribution is 5.78. The average molecular weight is 489 g/mol. The van der Waals surface area contributed by atoms with Crippen LogP contribution in [0.1, 0.15) is 0 Å². The normalized spacial score (nSPS) is 10.6. The molecule has 182 valence electrons. The predicted molar refractivity (Wildman–Crippen MR) is 162 cm³/mol. The van der Waals surface area contributed by atoms with Gasteiger partial charge >= 0.3 is 0 Å². The quantitative estimate of drug-likeness (QED) is 0.233. The molecule has 0 fully saturated rings. The van der Waals surface area contributed by atoms with Crippen molar-refractivity contribution in [1.82, 2.24) is 0 Å². The monoisotopic (exact) mass is 488 g/mol. The molecular formula is C36H28N2. The zero-order valence-electron chi connectivity index (χ0n) is 21.0. The largest absolute Gasteiger partial charge is 0.356 e. The van der Waals surface area contributed by atoms with Crippen LogP contribution in [0.3, 0.4) is 0 Å². The van der Waals surface area contributed by atoms with Gasteiger partial charge in [-0.05, 0) is 94.0 Å². The molecule has 0 aliphatic rings. The van der Waals surface area contributed by atoms with E-state index in [0.717, 1.165) is 22.7 Å². The smallest absolute Gasteiger partial charge is 0.0384 e. The van der Waals surface area contributed by atoms with Crippen molar-refractivity contribution in [3.8, 4) is 33.4 Å². The second kappa shape index (κ2) is 10.9. The van der Waals surface area contributed by atoms with Crippen LogP contribution in [-0.4, -0.2) is 0 Å². The zero-order valence-corrected chi connectivity index (χ0v) is 21.0. The topological polar surface area (TPSA) is 24.1 Å². The van der Waals surface area contributed by atoms with Gasteiger partial charge in [-0.25, -0.2) is 0 Å². The lowest BCUT2D eigenvalue weighted by atomic mass is 9.96. The van der Waals surface area contributed by atoms with Crippen molar-refractivity contribution < 1.29 is 0 Å². The first-order valence-electron chi connectivity index (χ1n) is 12.9. The average Bonchev–Trinajstić information content (AvgIpc) is 2.99. The van der Waals surface area contributed by atoms with Crippen LogP contribution in [0.2, 0.25) is 0 Å². The molecule has 0 unspecified atom stereocenters. The van der Waals surface area contributed by atoms with Crippen molar-refractivity contribution in [3.63, 3.8) is 0 Å². The third-order valence-electron chi connectivity index (χ3n) is 6.62. The Balaban J connectivity index is 1.20. The van der Waals surface area contributed by atoms with Gasteiger partial charge in [0.1, 0.15) is 0 Å². The summed E-state index contributed by atoms with van der Waals surface area (Å²) < 4.78 is 0. The molecule has 0 saturated heterocycles. The fraction of sp³-hybridized carbons (Fsp3) is 0. The van der Waals surface area contributed by atoms with Gasteiger partial charge in [-0.1, -0.05) is 97.1 Å². The molecular weight excluding hydrogens is 460 g/mol. The first-order chi connectivity index (χ1) is 18.8. The summed E-state index contributed by atoms with van der Waals surface area (Å²) >= 11 is 0. The van der Waals surface area contributed by atoms with Gasteiger partial charge in [-0.2, -0.15) is 0 Å². The van der Waals surface area contributed by atoms with E-state index in [4.69, 9.17) is 0 Å². The number of nitrogens with one attached hydrogen (secondary N) is 2. The minimum atomic E-state index is 1.08. The van der Waals surface area contributed by atoms with E-state index in [1.807, 2.05) is 36.4 Å². The highest BCUT2D eigenvalue weighted by atomic mass is 14.9. The van der Waals surface area contributed by atoms with Crippen LogP contribution < -0.4 is 10.6 Å². The Labute approximate surface area is 224 Å². The molecule has 0 aromatic heterocycles. The molecule has 6 aromatic rings. The summed E-state index contributed by atoms with van der Waals surface area (Å²) in [5.74, 6) is 0. The van der Waals surface area contributed by atoms with Crippen molar-refractivity contribution in [1.29, 1.82) is 0 Å². The molecule has 6 aromatic carbocycles. The first kappa shape index (κ1) is 23.3. The minimum absolute atomic E-state index is 1.08. The van der Waals surface area contributed by atoms with E-state index in [0.29, 0.717) is 0 Å². The van der Waals surface area contributed by atoms with Crippen LogP contribution in [0.15, 0.2) is 158 Å². The summed E-state index contributed by atoms with van der Waals surface area (Å²) in [4.78, 5) is 0. The molecule has 0 aliphatic carbocycles. The van der Waals surface area contributed by atoms with Gasteiger partial charge < -0.3 is 10.6 Å². The van der Waals surface area contributed by atoms with Crippen LogP contribution in [0.4, 0.5) is 22.7 Å². The Kier molecular flexibility index (Phi) is 6.69. The number of benzene rings is 6. The van der Waals surface area contributed by atoms with Crippen molar-refractivity contribution in [2.24, 2.45) is 0 Å². The van der Waals surface area contributed by atoms with E-state index >= 15 is 0 Å². The highest BCUT2D eigenvalue weighted by Gasteiger charge is 2.05. The van der Waals surface area contributed by atoms with E-state index in [9.17, 15) is 0 Å². The Morgan fingerprint density at radius 2 is 0.553 bits per heavy atom. The standard InChI is InChI=1S/C36H28N2/c1-3-13-33(14-4-1)37-35-21-17-27(18-22-35)29-9-7-11-31(25-29)32-12-8-10-30(26-32)28-19-23-36(24-20-28)38-34-15-5-2-6-16-34/h1-26,37-38H. The maximum atomic E-state index is 3.45. The van der Waals surface area contributed by atoms with E-state index < -0.39 is 0 Å². The molecule has 2 heteroatoms. The third-order valence-corrected chi connectivity index (χ3v) is 6.62. The molecule has 0 aliphatic heterocycles. The van der Waals surface area contributed by atoms with Crippen molar-refractivity contribution in [3.05, 3.63) is 158 Å². The zero-order chi connectivity index (χ0) is 25.6. The van der Waals surface area contributed by atoms with E-state index in [2.05, 4.69) is 132 Å². The van der Waals surface area contributed by atoms with Gasteiger partial charge in [0.15, 0.2) is 0 Å². The Morgan fingerprint density at radius 3 is 0.921 bits per heavy atom. The molecule has 0 spiro atoms. The summed E-state index contributed by atoms with van der Waals surface area (Å²) in [5.41, 5.74) is 11.5. The van der Waals surface area contributed by atoms with Gasteiger partial charge in [0.25, 0.3) is 0 Å². The molecule has 0 heterocycles. The van der Waals surface area contributed by atoms with Crippen LogP contribution in [0.5, 0.6) is 0 Å². The fourth-order valence-electron chi connectivity index (χ4n) is 4.62. The van der Waals surface area contributed by atoms with Crippen molar-refractivity contribution in [2.75, 3.05) is 10.6 Å². The van der Waals surface area contributed by atoms with Gasteiger partial charge in [0, 0.05) is 22.7 Å². The van der Waals surface area contributed by atoms with Gasteiger partial charge in [-0.15, -0.1) is 0 Å². The van der Waals surface area contributed by atoms with E-state index in [1.165, 1.54) is 33.4 Å². The molecule has 0 saturated carbocycles. The minimum Gasteiger partial charge on any atom is -0.356 e. The SMILES string of the molecule is c1ccc(Nc2ccc(-c3cccc(-c4cccc(-c5ccc(Nc6ccccc6)cc5)c4)c3)cc2)cc1. The second-order valence-electron chi connectivity index (χ2n) is 9.30. The lowest BCUT2D eigenvalue weighted by Crippen LogP contribution is -1.90. The lowest BCUT2D eigenvalue weighted by Gasteiger charge is -2.11. The Hall–Kier alpha value is -5.08. The maximum absolute atomic E-state index is 3.45. The van der Waals surface area contributed by atoms with Gasteiger partial charge in [0.05, 0.1) is 0 Å². The Morgan fingerprint density at radius 1 is 0.237 bits per heavy atom. The summed E-state index contributed by atoms with van der Waals surface area (Å²) in [7, 11) is 0. The molecule has 2 nitrogen and oxygen atoms in total. The van der Waals surface area contributed by atoms with Crippen LogP contribution in [0, 0.1) is 0 Å². The molecule has 0 amide bonds. The van der Waals surface area contributed by atoms with Gasteiger partial charge in [-0.3, -0.25) is 0 Å². The number of para-hydroxylation sites is 2. The lowest BCUT2D eigenvalue weighted by molar-refractivity contribution is 1.53. The maximum Gasteiger partial charge on any atom is 0.0384 e. The molecule has 2 N–H and O–H groups in total. The summed E-state index contributed by atoms with van der Waals surface area (Å²) in [5, 5.41) is 6.91. The van der Waals surface area contributed by atoms with Crippen molar-refractivity contribution >= 4 is 22.7 Å². The number of anilines is 4. The second-order valence-corrected chi connectivity index (χ2v) is 9.30. The highest BCUT2D eigenvalue weighted by Crippen LogP contribution is 2.31.